The zero-order valence-corrected chi connectivity index (χ0v) is 13.9. The number of hydrogen-bond donors (Lipinski definition) is 0. The lowest BCUT2D eigenvalue weighted by Crippen LogP contribution is -2.11. The van der Waals surface area contributed by atoms with Crippen molar-refractivity contribution < 1.29 is 9.47 Å². The molecule has 2 heterocycles. The van der Waals surface area contributed by atoms with Crippen molar-refractivity contribution >= 4 is 17.6 Å². The molecule has 0 aliphatic carbocycles. The van der Waals surface area contributed by atoms with Crippen LogP contribution < -0.4 is 14.3 Å². The van der Waals surface area contributed by atoms with E-state index in [1.165, 1.54) is 0 Å². The van der Waals surface area contributed by atoms with E-state index in [9.17, 15) is 0 Å². The first kappa shape index (κ1) is 14.7. The van der Waals surface area contributed by atoms with Crippen LogP contribution in [0.4, 0.5) is 0 Å². The highest BCUT2D eigenvalue weighted by Gasteiger charge is 2.12. The first-order chi connectivity index (χ1) is 11.8. The maximum Gasteiger partial charge on any atom is 0.231 e. The summed E-state index contributed by atoms with van der Waals surface area (Å²) in [6.07, 6.45) is 1.80. The summed E-state index contributed by atoms with van der Waals surface area (Å²) in [6, 6.07) is 15.9. The van der Waals surface area contributed by atoms with E-state index in [1.54, 1.807) is 24.6 Å². The van der Waals surface area contributed by atoms with Gasteiger partial charge < -0.3 is 9.47 Å². The Kier molecular flexibility index (Phi) is 3.88. The van der Waals surface area contributed by atoms with Crippen LogP contribution in [0.5, 0.6) is 11.5 Å². The summed E-state index contributed by atoms with van der Waals surface area (Å²) in [6.45, 7) is 0.270. The molecule has 0 atom stereocenters. The fourth-order valence-corrected chi connectivity index (χ4v) is 3.29. The Morgan fingerprint density at radius 1 is 1.08 bits per heavy atom. The van der Waals surface area contributed by atoms with Gasteiger partial charge in [0.15, 0.2) is 11.5 Å². The Hall–Kier alpha value is -2.86. The lowest BCUT2D eigenvalue weighted by molar-refractivity contribution is 0.174. The van der Waals surface area contributed by atoms with Gasteiger partial charge in [0.1, 0.15) is 0 Å². The van der Waals surface area contributed by atoms with Crippen LogP contribution in [0.1, 0.15) is 5.56 Å². The highest BCUT2D eigenvalue weighted by Crippen LogP contribution is 2.32. The molecule has 0 bridgehead atoms. The van der Waals surface area contributed by atoms with Crippen LogP contribution in [0, 0.1) is 0 Å². The van der Waals surface area contributed by atoms with E-state index < -0.39 is 0 Å². The predicted molar refractivity (Wildman–Crippen MR) is 94.8 cm³/mol. The molecule has 3 aromatic rings. The van der Waals surface area contributed by atoms with Crippen LogP contribution in [-0.2, 0) is 0 Å². The number of benzene rings is 2. The number of ether oxygens (including phenoxy) is 2. The average Bonchev–Trinajstić information content (AvgIpc) is 3.26. The van der Waals surface area contributed by atoms with Crippen molar-refractivity contribution in [2.24, 2.45) is 10.1 Å². The van der Waals surface area contributed by atoms with Gasteiger partial charge in [0.05, 0.1) is 11.9 Å². The summed E-state index contributed by atoms with van der Waals surface area (Å²) in [7, 11) is 1.77. The number of fused-ring (bicyclic) bond motifs is 1. The van der Waals surface area contributed by atoms with Gasteiger partial charge in [-0.2, -0.15) is 5.10 Å². The van der Waals surface area contributed by atoms with E-state index in [-0.39, 0.29) is 6.79 Å². The van der Waals surface area contributed by atoms with Crippen LogP contribution in [0.2, 0.25) is 0 Å². The molecule has 0 spiro atoms. The monoisotopic (exact) mass is 337 g/mol. The summed E-state index contributed by atoms with van der Waals surface area (Å²) < 4.78 is 12.6. The minimum Gasteiger partial charge on any atom is -0.454 e. The van der Waals surface area contributed by atoms with Gasteiger partial charge in [0.25, 0.3) is 0 Å². The molecule has 0 saturated heterocycles. The first-order valence-corrected chi connectivity index (χ1v) is 8.36. The van der Waals surface area contributed by atoms with Gasteiger partial charge in [-0.1, -0.05) is 30.3 Å². The summed E-state index contributed by atoms with van der Waals surface area (Å²) >= 11 is 1.56. The number of aromatic nitrogens is 1. The lowest BCUT2D eigenvalue weighted by atomic mass is 10.2. The molecule has 0 N–H and O–H groups in total. The fraction of sp³-hybridized carbons (Fsp3) is 0.111. The second-order valence-corrected chi connectivity index (χ2v) is 6.00. The van der Waals surface area contributed by atoms with Crippen molar-refractivity contribution in [1.82, 2.24) is 4.68 Å². The van der Waals surface area contributed by atoms with Crippen molar-refractivity contribution in [2.45, 2.75) is 0 Å². The Morgan fingerprint density at radius 3 is 2.75 bits per heavy atom. The van der Waals surface area contributed by atoms with Crippen LogP contribution in [-0.4, -0.2) is 24.7 Å². The largest absolute Gasteiger partial charge is 0.454 e. The summed E-state index contributed by atoms with van der Waals surface area (Å²) in [5.41, 5.74) is 3.06. The van der Waals surface area contributed by atoms with E-state index in [0.29, 0.717) is 0 Å². The molecule has 120 valence electrons. The number of rotatable bonds is 3. The smallest absolute Gasteiger partial charge is 0.231 e. The van der Waals surface area contributed by atoms with E-state index in [2.05, 4.69) is 27.6 Å². The van der Waals surface area contributed by atoms with Gasteiger partial charge in [0.2, 0.25) is 11.6 Å². The van der Waals surface area contributed by atoms with E-state index in [1.807, 2.05) is 41.1 Å². The van der Waals surface area contributed by atoms with Crippen LogP contribution in [0.15, 0.2) is 64.0 Å². The molecule has 0 radical (unpaired) electrons. The Labute approximate surface area is 143 Å². The van der Waals surface area contributed by atoms with Gasteiger partial charge in [0, 0.05) is 18.0 Å². The van der Waals surface area contributed by atoms with Crippen LogP contribution in [0.25, 0.3) is 11.3 Å². The molecule has 1 aromatic heterocycles. The average molecular weight is 337 g/mol. The summed E-state index contributed by atoms with van der Waals surface area (Å²) in [5.74, 6) is 1.52. The minimum absolute atomic E-state index is 0.270. The molecule has 0 unspecified atom stereocenters. The third kappa shape index (κ3) is 2.72. The van der Waals surface area contributed by atoms with Crippen molar-refractivity contribution in [3.8, 4) is 22.8 Å². The van der Waals surface area contributed by atoms with E-state index in [4.69, 9.17) is 9.47 Å². The molecule has 4 rings (SSSR count). The van der Waals surface area contributed by atoms with Crippen molar-refractivity contribution in [3.63, 3.8) is 0 Å². The molecular weight excluding hydrogens is 322 g/mol. The molecule has 0 saturated carbocycles. The molecule has 1 aliphatic rings. The zero-order chi connectivity index (χ0) is 16.4. The van der Waals surface area contributed by atoms with Crippen molar-refractivity contribution in [1.29, 1.82) is 0 Å². The fourth-order valence-electron chi connectivity index (χ4n) is 2.49. The molecule has 6 heteroatoms. The van der Waals surface area contributed by atoms with Crippen molar-refractivity contribution in [2.75, 3.05) is 13.8 Å². The molecule has 1 aliphatic heterocycles. The van der Waals surface area contributed by atoms with Gasteiger partial charge in [-0.3, -0.25) is 4.99 Å². The number of nitrogens with zero attached hydrogens (tertiary/aromatic N) is 3. The van der Waals surface area contributed by atoms with Gasteiger partial charge in [-0.05, 0) is 23.8 Å². The SMILES string of the molecule is CN=c1scc(-c2ccccc2)n1N=Cc1ccc2c(c1)OCO2. The standard InChI is InChI=1S/C18H15N3O2S/c1-19-18-21(15(11-24-18)14-5-3-2-4-6-14)20-10-13-7-8-16-17(9-13)23-12-22-16/h2-11H,12H2,1H3. The normalized spacial score (nSPS) is 13.8. The third-order valence-electron chi connectivity index (χ3n) is 3.67. The highest BCUT2D eigenvalue weighted by molar-refractivity contribution is 7.07. The van der Waals surface area contributed by atoms with Gasteiger partial charge >= 0.3 is 0 Å². The molecule has 5 nitrogen and oxygen atoms in total. The molecule has 24 heavy (non-hydrogen) atoms. The summed E-state index contributed by atoms with van der Waals surface area (Å²) in [4.78, 5) is 5.15. The van der Waals surface area contributed by atoms with Gasteiger partial charge in [-0.15, -0.1) is 11.3 Å². The Bertz CT molecular complexity index is 958. The second-order valence-electron chi connectivity index (χ2n) is 5.16. The Balaban J connectivity index is 1.73. The maximum absolute atomic E-state index is 5.41. The summed E-state index contributed by atoms with van der Waals surface area (Å²) in [5, 5.41) is 6.69. The van der Waals surface area contributed by atoms with E-state index in [0.717, 1.165) is 33.1 Å². The Morgan fingerprint density at radius 2 is 1.92 bits per heavy atom. The molecule has 0 amide bonds. The molecular formula is C18H15N3O2S. The topological polar surface area (TPSA) is 48.1 Å². The number of hydrogen-bond acceptors (Lipinski definition) is 5. The molecule has 2 aromatic carbocycles. The lowest BCUT2D eigenvalue weighted by Gasteiger charge is -2.03. The van der Waals surface area contributed by atoms with Crippen LogP contribution in [0.3, 0.4) is 0 Å². The first-order valence-electron chi connectivity index (χ1n) is 7.48. The van der Waals surface area contributed by atoms with E-state index >= 15 is 0 Å². The number of thiazole rings is 1. The molecule has 0 fully saturated rings. The third-order valence-corrected chi connectivity index (χ3v) is 4.57. The van der Waals surface area contributed by atoms with Gasteiger partial charge in [-0.25, -0.2) is 4.68 Å². The quantitative estimate of drug-likeness (QED) is 0.688. The zero-order valence-electron chi connectivity index (χ0n) is 13.0. The van der Waals surface area contributed by atoms with Crippen molar-refractivity contribution in [3.05, 3.63) is 64.3 Å². The van der Waals surface area contributed by atoms with Crippen LogP contribution >= 0.6 is 11.3 Å². The second kappa shape index (κ2) is 6.33. The maximum atomic E-state index is 5.41. The predicted octanol–water partition coefficient (Wildman–Crippen LogP) is 3.36. The minimum atomic E-state index is 0.270. The highest BCUT2D eigenvalue weighted by atomic mass is 32.1.